The molecule has 1 aliphatic heterocycles. The summed E-state index contributed by atoms with van der Waals surface area (Å²) in [5, 5.41) is 31.6. The standard InChI is InChI=1S/C30H22N4O7S2/c1-16-6-8-17(9-7-16)15-42-30-32-31-29(43-30)33-24(18-10-12-20(13-11-18)34(38)39)23(26(36)28(33)37)25(35)22-14-19-4-3-5-21(40-2)27(19)41-22/h3-14,24,36H,15H2,1-2H3/t24-/m0/s1. The van der Waals surface area contributed by atoms with Crippen LogP contribution in [-0.2, 0) is 10.5 Å². The van der Waals surface area contributed by atoms with Crippen LogP contribution < -0.4 is 9.64 Å². The maximum Gasteiger partial charge on any atom is 0.296 e. The molecular formula is C30H22N4O7S2. The highest BCUT2D eigenvalue weighted by Crippen LogP contribution is 2.44. The van der Waals surface area contributed by atoms with Crippen LogP contribution in [0.3, 0.4) is 0 Å². The second kappa shape index (κ2) is 11.3. The highest BCUT2D eigenvalue weighted by Gasteiger charge is 2.47. The smallest absolute Gasteiger partial charge is 0.296 e. The van der Waals surface area contributed by atoms with Gasteiger partial charge >= 0.3 is 0 Å². The Labute approximate surface area is 252 Å². The average molecular weight is 615 g/mol. The van der Waals surface area contributed by atoms with Gasteiger partial charge < -0.3 is 14.3 Å². The number of Topliss-reactive ketones (excluding diaryl/α,β-unsaturated/α-hetero) is 1. The van der Waals surface area contributed by atoms with E-state index < -0.39 is 28.4 Å². The van der Waals surface area contributed by atoms with E-state index in [2.05, 4.69) is 10.2 Å². The number of carbonyl (C=O) groups excluding carboxylic acids is 2. The van der Waals surface area contributed by atoms with Crippen molar-refractivity contribution < 1.29 is 28.8 Å². The molecule has 11 nitrogen and oxygen atoms in total. The van der Waals surface area contributed by atoms with E-state index in [1.54, 1.807) is 18.2 Å². The number of para-hydroxylation sites is 1. The van der Waals surface area contributed by atoms with Gasteiger partial charge in [0.25, 0.3) is 11.6 Å². The Balaban J connectivity index is 1.38. The summed E-state index contributed by atoms with van der Waals surface area (Å²) in [6, 6.07) is 19.0. The number of hydrogen-bond donors (Lipinski definition) is 1. The number of amides is 1. The number of ketones is 1. The highest BCUT2D eigenvalue weighted by molar-refractivity contribution is 8.00. The van der Waals surface area contributed by atoms with Gasteiger partial charge in [0.2, 0.25) is 10.9 Å². The molecule has 0 unspecified atom stereocenters. The molecule has 3 heterocycles. The number of hydrogen-bond acceptors (Lipinski definition) is 11. The molecule has 5 aromatic rings. The van der Waals surface area contributed by atoms with Gasteiger partial charge in [-0.2, -0.15) is 0 Å². The van der Waals surface area contributed by atoms with Gasteiger partial charge in [0.05, 0.1) is 23.6 Å². The summed E-state index contributed by atoms with van der Waals surface area (Å²) in [6.45, 7) is 2.01. The third-order valence-electron chi connectivity index (χ3n) is 6.91. The lowest BCUT2D eigenvalue weighted by Crippen LogP contribution is -2.31. The van der Waals surface area contributed by atoms with E-state index in [9.17, 15) is 24.8 Å². The number of aliphatic hydroxyl groups is 1. The van der Waals surface area contributed by atoms with Crippen LogP contribution in [0.15, 0.2) is 92.9 Å². The van der Waals surface area contributed by atoms with E-state index in [1.165, 1.54) is 54.1 Å². The number of furan rings is 1. The molecule has 216 valence electrons. The Morgan fingerprint density at radius 1 is 1.14 bits per heavy atom. The number of ether oxygens (including phenoxy) is 1. The lowest BCUT2D eigenvalue weighted by Gasteiger charge is -2.23. The van der Waals surface area contributed by atoms with Crippen molar-refractivity contribution in [2.45, 2.75) is 23.1 Å². The summed E-state index contributed by atoms with van der Waals surface area (Å²) in [4.78, 5) is 39.4. The van der Waals surface area contributed by atoms with Crippen molar-refractivity contribution in [2.24, 2.45) is 0 Å². The minimum absolute atomic E-state index is 0.116. The molecule has 0 aliphatic carbocycles. The Morgan fingerprint density at radius 2 is 1.88 bits per heavy atom. The van der Waals surface area contributed by atoms with Crippen LogP contribution in [0.4, 0.5) is 10.8 Å². The average Bonchev–Trinajstić information content (AvgIpc) is 3.73. The number of nitro benzene ring substituents is 1. The van der Waals surface area contributed by atoms with Crippen LogP contribution in [0.2, 0.25) is 0 Å². The number of aromatic nitrogens is 2. The molecule has 6 rings (SSSR count). The summed E-state index contributed by atoms with van der Waals surface area (Å²) in [6.07, 6.45) is 0. The van der Waals surface area contributed by atoms with Crippen molar-refractivity contribution in [1.29, 1.82) is 0 Å². The van der Waals surface area contributed by atoms with Crippen molar-refractivity contribution in [2.75, 3.05) is 12.0 Å². The predicted molar refractivity (Wildman–Crippen MR) is 161 cm³/mol. The molecule has 0 fully saturated rings. The number of anilines is 1. The first kappa shape index (κ1) is 28.1. The molecule has 0 saturated heterocycles. The zero-order chi connectivity index (χ0) is 30.2. The fourth-order valence-electron chi connectivity index (χ4n) is 4.76. The second-order valence-corrected chi connectivity index (χ2v) is 11.8. The Kier molecular flexibility index (Phi) is 7.42. The number of nitrogens with zero attached hydrogens (tertiary/aromatic N) is 4. The number of non-ortho nitro benzene ring substituents is 1. The van der Waals surface area contributed by atoms with E-state index >= 15 is 0 Å². The van der Waals surface area contributed by atoms with Crippen molar-refractivity contribution in [3.05, 3.63) is 117 Å². The number of carbonyl (C=O) groups is 2. The Bertz CT molecular complexity index is 1910. The van der Waals surface area contributed by atoms with Gasteiger partial charge in [-0.15, -0.1) is 10.2 Å². The third-order valence-corrected chi connectivity index (χ3v) is 9.04. The van der Waals surface area contributed by atoms with Crippen LogP contribution in [0.25, 0.3) is 11.0 Å². The molecule has 0 saturated carbocycles. The first-order chi connectivity index (χ1) is 20.7. The number of aryl methyl sites for hydroxylation is 1. The minimum Gasteiger partial charge on any atom is -0.503 e. The number of nitro groups is 1. The van der Waals surface area contributed by atoms with Crippen molar-refractivity contribution >= 4 is 56.6 Å². The van der Waals surface area contributed by atoms with E-state index in [0.29, 0.717) is 32.4 Å². The summed E-state index contributed by atoms with van der Waals surface area (Å²) in [5.41, 5.74) is 2.50. The molecule has 2 aromatic heterocycles. The summed E-state index contributed by atoms with van der Waals surface area (Å²) < 4.78 is 11.8. The third kappa shape index (κ3) is 5.24. The normalized spacial score (nSPS) is 15.0. The molecule has 1 atom stereocenters. The van der Waals surface area contributed by atoms with Crippen LogP contribution >= 0.6 is 23.1 Å². The van der Waals surface area contributed by atoms with E-state index in [1.807, 2.05) is 31.2 Å². The van der Waals surface area contributed by atoms with E-state index in [4.69, 9.17) is 9.15 Å². The van der Waals surface area contributed by atoms with Crippen LogP contribution in [0.5, 0.6) is 5.75 Å². The molecule has 43 heavy (non-hydrogen) atoms. The van der Waals surface area contributed by atoms with Gasteiger partial charge in [-0.25, -0.2) is 0 Å². The number of aliphatic hydroxyl groups excluding tert-OH is 1. The Hall–Kier alpha value is -5.01. The summed E-state index contributed by atoms with van der Waals surface area (Å²) in [7, 11) is 1.47. The van der Waals surface area contributed by atoms with Crippen LogP contribution in [0.1, 0.15) is 33.3 Å². The van der Waals surface area contributed by atoms with Crippen LogP contribution in [0, 0.1) is 17.0 Å². The number of methoxy groups -OCH3 is 1. The molecule has 1 N–H and O–H groups in total. The monoisotopic (exact) mass is 614 g/mol. The van der Waals surface area contributed by atoms with E-state index in [0.717, 1.165) is 22.5 Å². The fraction of sp³-hybridized carbons (Fsp3) is 0.133. The van der Waals surface area contributed by atoms with Gasteiger partial charge in [-0.1, -0.05) is 65.1 Å². The number of rotatable bonds is 9. The zero-order valence-electron chi connectivity index (χ0n) is 22.7. The quantitative estimate of drug-likeness (QED) is 0.0634. The summed E-state index contributed by atoms with van der Waals surface area (Å²) in [5.74, 6) is -1.44. The molecule has 1 amide bonds. The van der Waals surface area contributed by atoms with Gasteiger partial charge in [-0.05, 0) is 42.3 Å². The fourth-order valence-corrected chi connectivity index (χ4v) is 6.58. The number of benzene rings is 3. The van der Waals surface area contributed by atoms with Gasteiger partial charge in [0.1, 0.15) is 0 Å². The second-order valence-electron chi connectivity index (χ2n) is 9.63. The van der Waals surface area contributed by atoms with Crippen molar-refractivity contribution in [3.8, 4) is 5.75 Å². The zero-order valence-corrected chi connectivity index (χ0v) is 24.3. The molecule has 1 aliphatic rings. The van der Waals surface area contributed by atoms with Gasteiger partial charge in [-0.3, -0.25) is 24.6 Å². The predicted octanol–water partition coefficient (Wildman–Crippen LogP) is 6.58. The largest absolute Gasteiger partial charge is 0.503 e. The molecule has 0 bridgehead atoms. The molecule has 3 aromatic carbocycles. The molecule has 13 heteroatoms. The Morgan fingerprint density at radius 3 is 2.58 bits per heavy atom. The number of fused-ring (bicyclic) bond motifs is 1. The first-order valence-electron chi connectivity index (χ1n) is 12.9. The van der Waals surface area contributed by atoms with Gasteiger partial charge in [0.15, 0.2) is 27.2 Å². The molecular weight excluding hydrogens is 592 g/mol. The lowest BCUT2D eigenvalue weighted by atomic mass is 9.95. The highest BCUT2D eigenvalue weighted by atomic mass is 32.2. The lowest BCUT2D eigenvalue weighted by molar-refractivity contribution is -0.384. The van der Waals surface area contributed by atoms with Crippen LogP contribution in [-0.4, -0.2) is 39.0 Å². The van der Waals surface area contributed by atoms with Gasteiger partial charge in [0, 0.05) is 23.3 Å². The number of thioether (sulfide) groups is 1. The summed E-state index contributed by atoms with van der Waals surface area (Å²) >= 11 is 2.57. The maximum absolute atomic E-state index is 13.9. The molecule has 0 radical (unpaired) electrons. The first-order valence-corrected chi connectivity index (χ1v) is 14.7. The van der Waals surface area contributed by atoms with Crippen molar-refractivity contribution in [3.63, 3.8) is 0 Å². The minimum atomic E-state index is -1.15. The van der Waals surface area contributed by atoms with E-state index in [-0.39, 0.29) is 22.2 Å². The van der Waals surface area contributed by atoms with Crippen molar-refractivity contribution in [1.82, 2.24) is 10.2 Å². The maximum atomic E-state index is 13.9. The topological polar surface area (TPSA) is 149 Å². The molecule has 0 spiro atoms. The SMILES string of the molecule is COc1cccc2cc(C(=O)C3=C(O)C(=O)N(c4nnc(SCc5ccc(C)cc5)s4)[C@H]3c3ccc([N+](=O)[O-])cc3)oc12.